The molecule has 0 aromatic heterocycles. The minimum atomic E-state index is 0.126. The van der Waals surface area contributed by atoms with Gasteiger partial charge in [-0.3, -0.25) is 9.69 Å². The average Bonchev–Trinajstić information content (AvgIpc) is 2.62. The normalized spacial score (nSPS) is 23.6. The molecule has 1 saturated heterocycles. The lowest BCUT2D eigenvalue weighted by Gasteiger charge is -2.44. The van der Waals surface area contributed by atoms with Gasteiger partial charge >= 0.3 is 0 Å². The summed E-state index contributed by atoms with van der Waals surface area (Å²) < 4.78 is 5.85. The van der Waals surface area contributed by atoms with Crippen molar-refractivity contribution in [3.8, 4) is 6.07 Å². The van der Waals surface area contributed by atoms with Gasteiger partial charge in [-0.25, -0.2) is 0 Å². The summed E-state index contributed by atoms with van der Waals surface area (Å²) in [6, 6.07) is 12.4. The van der Waals surface area contributed by atoms with Crippen LogP contribution >= 0.6 is 0 Å². The maximum absolute atomic E-state index is 12.8. The average molecular weight is 327 g/mol. The molecule has 1 heterocycles. The lowest BCUT2D eigenvalue weighted by atomic mass is 9.90. The molecule has 5 nitrogen and oxygen atoms in total. The van der Waals surface area contributed by atoms with Gasteiger partial charge in [0.15, 0.2) is 0 Å². The topological polar surface area (TPSA) is 56.6 Å². The molecule has 5 heteroatoms. The molecule has 2 unspecified atom stereocenters. The maximum Gasteiger partial charge on any atom is 0.237 e. The molecule has 0 bridgehead atoms. The minimum Gasteiger partial charge on any atom is -0.374 e. The third kappa shape index (κ3) is 4.14. The van der Waals surface area contributed by atoms with Gasteiger partial charge in [0.05, 0.1) is 37.9 Å². The van der Waals surface area contributed by atoms with Crippen molar-refractivity contribution < 1.29 is 9.53 Å². The summed E-state index contributed by atoms with van der Waals surface area (Å²) in [5, 5.41) is 9.09. The van der Waals surface area contributed by atoms with E-state index in [1.54, 1.807) is 0 Å². The van der Waals surface area contributed by atoms with Gasteiger partial charge in [-0.15, -0.1) is 0 Å². The molecule has 0 N–H and O–H groups in total. The van der Waals surface area contributed by atoms with Crippen molar-refractivity contribution in [1.82, 2.24) is 9.80 Å². The van der Waals surface area contributed by atoms with Crippen LogP contribution in [0.25, 0.3) is 0 Å². The van der Waals surface area contributed by atoms with Crippen LogP contribution < -0.4 is 0 Å². The molecule has 0 radical (unpaired) electrons. The number of benzene rings is 1. The summed E-state index contributed by atoms with van der Waals surface area (Å²) in [7, 11) is 0. The highest BCUT2D eigenvalue weighted by atomic mass is 16.5. The van der Waals surface area contributed by atoms with E-state index < -0.39 is 0 Å². The summed E-state index contributed by atoms with van der Waals surface area (Å²) in [4.78, 5) is 16.8. The lowest BCUT2D eigenvalue weighted by Crippen LogP contribution is -2.56. The minimum absolute atomic E-state index is 0.126. The molecule has 1 amide bonds. The number of hydrogen-bond donors (Lipinski definition) is 0. The lowest BCUT2D eigenvalue weighted by molar-refractivity contribution is -0.150. The molecule has 128 valence electrons. The quantitative estimate of drug-likeness (QED) is 0.778. The number of morpholine rings is 1. The molecule has 1 aromatic carbocycles. The van der Waals surface area contributed by atoms with E-state index in [1.807, 2.05) is 40.1 Å². The van der Waals surface area contributed by atoms with Crippen molar-refractivity contribution in [3.05, 3.63) is 35.9 Å². The van der Waals surface area contributed by atoms with Crippen molar-refractivity contribution in [1.29, 1.82) is 5.26 Å². The van der Waals surface area contributed by atoms with Crippen LogP contribution in [0.2, 0.25) is 0 Å². The third-order valence-electron chi connectivity index (χ3n) is 4.95. The molecule has 1 aromatic rings. The van der Waals surface area contributed by atoms with E-state index in [0.717, 1.165) is 18.4 Å². The molecule has 1 aliphatic heterocycles. The Hall–Kier alpha value is -1.90. The molecule has 1 saturated carbocycles. The monoisotopic (exact) mass is 327 g/mol. The second kappa shape index (κ2) is 8.27. The smallest absolute Gasteiger partial charge is 0.237 e. The first-order valence-corrected chi connectivity index (χ1v) is 8.82. The summed E-state index contributed by atoms with van der Waals surface area (Å²) in [5.41, 5.74) is 1.12. The Bertz CT molecular complexity index is 582. The Balaban J connectivity index is 1.63. The zero-order chi connectivity index (χ0) is 16.8. The Morgan fingerprint density at radius 1 is 1.29 bits per heavy atom. The zero-order valence-electron chi connectivity index (χ0n) is 14.1. The fourth-order valence-corrected chi connectivity index (χ4v) is 3.80. The first-order valence-electron chi connectivity index (χ1n) is 8.82. The third-order valence-corrected chi connectivity index (χ3v) is 4.95. The van der Waals surface area contributed by atoms with Crippen LogP contribution in [0.5, 0.6) is 0 Å². The van der Waals surface area contributed by atoms with Gasteiger partial charge in [0.1, 0.15) is 0 Å². The van der Waals surface area contributed by atoms with Crippen LogP contribution in [-0.4, -0.2) is 54.1 Å². The summed E-state index contributed by atoms with van der Waals surface area (Å²) in [6.45, 7) is 2.49. The van der Waals surface area contributed by atoms with E-state index in [2.05, 4.69) is 6.07 Å². The number of carbonyl (C=O) groups excluding carboxylic acids is 1. The van der Waals surface area contributed by atoms with E-state index in [4.69, 9.17) is 10.00 Å². The zero-order valence-corrected chi connectivity index (χ0v) is 14.1. The van der Waals surface area contributed by atoms with Gasteiger partial charge < -0.3 is 9.64 Å². The second-order valence-electron chi connectivity index (χ2n) is 6.64. The predicted molar refractivity (Wildman–Crippen MR) is 91.0 cm³/mol. The first kappa shape index (κ1) is 16.9. The van der Waals surface area contributed by atoms with E-state index in [-0.39, 0.29) is 24.6 Å². The standard InChI is InChI=1S/C19H25N3O2/c20-10-11-21(14-16-6-2-1-3-7-16)15-19(23)22-12-13-24-18-9-5-4-8-17(18)22/h1-3,6-7,17-18H,4-5,8-9,11-15H2. The van der Waals surface area contributed by atoms with Gasteiger partial charge in [-0.1, -0.05) is 43.2 Å². The van der Waals surface area contributed by atoms with E-state index in [9.17, 15) is 4.79 Å². The van der Waals surface area contributed by atoms with E-state index in [1.165, 1.54) is 12.8 Å². The molecule has 3 rings (SSSR count). The van der Waals surface area contributed by atoms with Crippen molar-refractivity contribution in [2.45, 2.75) is 44.4 Å². The Labute approximate surface area is 143 Å². The van der Waals surface area contributed by atoms with E-state index >= 15 is 0 Å². The van der Waals surface area contributed by atoms with E-state index in [0.29, 0.717) is 26.2 Å². The highest BCUT2D eigenvalue weighted by Crippen LogP contribution is 2.28. The highest BCUT2D eigenvalue weighted by Gasteiger charge is 2.36. The second-order valence-corrected chi connectivity index (χ2v) is 6.64. The first-order chi connectivity index (χ1) is 11.8. The number of fused-ring (bicyclic) bond motifs is 1. The van der Waals surface area contributed by atoms with Gasteiger partial charge in [0.25, 0.3) is 0 Å². The molecule has 0 spiro atoms. The molecular weight excluding hydrogens is 302 g/mol. The summed E-state index contributed by atoms with van der Waals surface area (Å²) in [6.07, 6.45) is 4.65. The maximum atomic E-state index is 12.8. The Kier molecular flexibility index (Phi) is 5.84. The molecule has 1 aliphatic carbocycles. The SMILES string of the molecule is N#CCN(CC(=O)N1CCOC2CCCCC21)Cc1ccccc1. The van der Waals surface area contributed by atoms with Gasteiger partial charge in [-0.05, 0) is 18.4 Å². The van der Waals surface area contributed by atoms with Crippen molar-refractivity contribution in [2.75, 3.05) is 26.2 Å². The molecule has 2 aliphatic rings. The number of amides is 1. The van der Waals surface area contributed by atoms with Crippen LogP contribution in [0.3, 0.4) is 0 Å². The fraction of sp³-hybridized carbons (Fsp3) is 0.579. The van der Waals surface area contributed by atoms with Gasteiger partial charge in [0.2, 0.25) is 5.91 Å². The van der Waals surface area contributed by atoms with Crippen LogP contribution in [0, 0.1) is 11.3 Å². The molecule has 2 fully saturated rings. The Morgan fingerprint density at radius 2 is 2.08 bits per heavy atom. The molecule has 2 atom stereocenters. The van der Waals surface area contributed by atoms with Crippen LogP contribution in [0.15, 0.2) is 30.3 Å². The number of nitrogens with zero attached hydrogens (tertiary/aromatic N) is 3. The summed E-state index contributed by atoms with van der Waals surface area (Å²) >= 11 is 0. The van der Waals surface area contributed by atoms with Crippen molar-refractivity contribution in [3.63, 3.8) is 0 Å². The van der Waals surface area contributed by atoms with Gasteiger partial charge in [0, 0.05) is 13.1 Å². The fourth-order valence-electron chi connectivity index (χ4n) is 3.80. The van der Waals surface area contributed by atoms with Crippen molar-refractivity contribution >= 4 is 5.91 Å². The number of hydrogen-bond acceptors (Lipinski definition) is 4. The highest BCUT2D eigenvalue weighted by molar-refractivity contribution is 5.78. The Morgan fingerprint density at radius 3 is 2.88 bits per heavy atom. The largest absolute Gasteiger partial charge is 0.374 e. The summed E-state index contributed by atoms with van der Waals surface area (Å²) in [5.74, 6) is 0.126. The number of carbonyl (C=O) groups is 1. The van der Waals surface area contributed by atoms with Crippen molar-refractivity contribution in [2.24, 2.45) is 0 Å². The number of ether oxygens (including phenoxy) is 1. The number of rotatable bonds is 5. The van der Waals surface area contributed by atoms with Crippen LogP contribution in [0.4, 0.5) is 0 Å². The van der Waals surface area contributed by atoms with Crippen LogP contribution in [0.1, 0.15) is 31.2 Å². The number of nitriles is 1. The van der Waals surface area contributed by atoms with Crippen LogP contribution in [-0.2, 0) is 16.1 Å². The molecule has 24 heavy (non-hydrogen) atoms. The molecular formula is C19H25N3O2. The van der Waals surface area contributed by atoms with Gasteiger partial charge in [-0.2, -0.15) is 5.26 Å². The predicted octanol–water partition coefficient (Wildman–Crippen LogP) is 2.18.